The number of hydrogen-bond acceptors (Lipinski definition) is 4. The predicted molar refractivity (Wildman–Crippen MR) is 76.8 cm³/mol. The first-order chi connectivity index (χ1) is 9.38. The molecule has 0 aromatic heterocycles. The normalized spacial score (nSPS) is 20.6. The number of carbonyl (C=O) groups excluding carboxylic acids is 2. The van der Waals surface area contributed by atoms with Gasteiger partial charge in [-0.25, -0.2) is 0 Å². The summed E-state index contributed by atoms with van der Waals surface area (Å²) >= 11 is 0. The third-order valence-corrected chi connectivity index (χ3v) is 3.31. The molecule has 1 rings (SSSR count). The highest BCUT2D eigenvalue weighted by Crippen LogP contribution is 2.38. The average Bonchev–Trinajstić information content (AvgIpc) is 2.34. The molecule has 4 heteroatoms. The summed E-state index contributed by atoms with van der Waals surface area (Å²) in [5.41, 5.74) is -1.28. The van der Waals surface area contributed by atoms with Gasteiger partial charge in [0.25, 0.3) is 5.79 Å². The van der Waals surface area contributed by atoms with Crippen molar-refractivity contribution in [3.8, 4) is 0 Å². The van der Waals surface area contributed by atoms with Gasteiger partial charge in [0.05, 0.1) is 0 Å². The van der Waals surface area contributed by atoms with E-state index in [0.717, 1.165) is 19.3 Å². The number of ether oxygens (including phenoxy) is 2. The zero-order chi connectivity index (χ0) is 15.2. The number of carbonyl (C=O) groups is 2. The molecule has 1 saturated heterocycles. The molecule has 0 unspecified atom stereocenters. The molecule has 0 radical (unpaired) electrons. The van der Waals surface area contributed by atoms with Crippen LogP contribution in [0.2, 0.25) is 0 Å². The standard InChI is InChI=1S/C16H24O4/c1-5-7-8-9-10-12-16(11-6-2)13(17)19-15(3,4)20-14(16)18/h6,9-10H,2,5,7-8,11-12H2,1,3-4H3/b10-9+. The molecule has 1 heterocycles. The lowest BCUT2D eigenvalue weighted by molar-refractivity contribution is -0.250. The van der Waals surface area contributed by atoms with E-state index in [9.17, 15) is 9.59 Å². The highest BCUT2D eigenvalue weighted by atomic mass is 16.7. The van der Waals surface area contributed by atoms with Crippen molar-refractivity contribution in [1.29, 1.82) is 0 Å². The van der Waals surface area contributed by atoms with Crippen molar-refractivity contribution >= 4 is 11.9 Å². The third-order valence-electron chi connectivity index (χ3n) is 3.31. The Kier molecular flexibility index (Phi) is 5.54. The lowest BCUT2D eigenvalue weighted by Gasteiger charge is -2.39. The zero-order valence-electron chi connectivity index (χ0n) is 12.6. The Labute approximate surface area is 120 Å². The van der Waals surface area contributed by atoms with Gasteiger partial charge in [-0.1, -0.05) is 38.0 Å². The molecule has 0 atom stereocenters. The molecule has 0 amide bonds. The first-order valence-electron chi connectivity index (χ1n) is 7.11. The minimum Gasteiger partial charge on any atom is -0.422 e. The van der Waals surface area contributed by atoms with E-state index in [4.69, 9.17) is 9.47 Å². The molecule has 0 bridgehead atoms. The van der Waals surface area contributed by atoms with Crippen LogP contribution in [-0.2, 0) is 19.1 Å². The summed E-state index contributed by atoms with van der Waals surface area (Å²) in [6.45, 7) is 8.85. The smallest absolute Gasteiger partial charge is 0.327 e. The Morgan fingerprint density at radius 2 is 1.70 bits per heavy atom. The summed E-state index contributed by atoms with van der Waals surface area (Å²) in [6, 6.07) is 0. The number of rotatable bonds is 7. The van der Waals surface area contributed by atoms with Crippen molar-refractivity contribution in [3.05, 3.63) is 24.8 Å². The van der Waals surface area contributed by atoms with Crippen molar-refractivity contribution in [3.63, 3.8) is 0 Å². The highest BCUT2D eigenvalue weighted by molar-refractivity contribution is 6.02. The van der Waals surface area contributed by atoms with Crippen LogP contribution in [0.25, 0.3) is 0 Å². The van der Waals surface area contributed by atoms with Crippen LogP contribution in [0.3, 0.4) is 0 Å². The number of unbranched alkanes of at least 4 members (excludes halogenated alkanes) is 2. The fourth-order valence-electron chi connectivity index (χ4n) is 2.13. The maximum absolute atomic E-state index is 12.2. The predicted octanol–water partition coefficient (Wildman–Crippen LogP) is 3.52. The van der Waals surface area contributed by atoms with Gasteiger partial charge < -0.3 is 9.47 Å². The van der Waals surface area contributed by atoms with E-state index in [2.05, 4.69) is 13.5 Å². The molecule has 1 aliphatic heterocycles. The monoisotopic (exact) mass is 280 g/mol. The fraction of sp³-hybridized carbons (Fsp3) is 0.625. The molecule has 0 N–H and O–H groups in total. The van der Waals surface area contributed by atoms with E-state index < -0.39 is 23.1 Å². The number of cyclic esters (lactones) is 2. The van der Waals surface area contributed by atoms with Gasteiger partial charge in [0.15, 0.2) is 5.41 Å². The van der Waals surface area contributed by atoms with Gasteiger partial charge in [-0.15, -0.1) is 6.58 Å². The third kappa shape index (κ3) is 3.71. The lowest BCUT2D eigenvalue weighted by Crippen LogP contribution is -2.53. The van der Waals surface area contributed by atoms with Crippen LogP contribution in [0.1, 0.15) is 52.9 Å². The molecule has 0 aromatic rings. The largest absolute Gasteiger partial charge is 0.422 e. The first-order valence-corrected chi connectivity index (χ1v) is 7.11. The summed E-state index contributed by atoms with van der Waals surface area (Å²) in [7, 11) is 0. The number of hydrogen-bond donors (Lipinski definition) is 0. The molecule has 1 aliphatic rings. The van der Waals surface area contributed by atoms with E-state index in [1.54, 1.807) is 19.9 Å². The van der Waals surface area contributed by atoms with Gasteiger partial charge in [-0.05, 0) is 19.3 Å². The van der Waals surface area contributed by atoms with Crippen LogP contribution in [0.15, 0.2) is 24.8 Å². The minimum absolute atomic E-state index is 0.221. The van der Waals surface area contributed by atoms with E-state index in [0.29, 0.717) is 0 Å². The lowest BCUT2D eigenvalue weighted by atomic mass is 9.80. The maximum Gasteiger partial charge on any atom is 0.327 e. The average molecular weight is 280 g/mol. The molecule has 20 heavy (non-hydrogen) atoms. The Morgan fingerprint density at radius 1 is 1.10 bits per heavy atom. The molecule has 112 valence electrons. The second kappa shape index (κ2) is 6.73. The van der Waals surface area contributed by atoms with Crippen molar-refractivity contribution in [2.45, 2.75) is 58.7 Å². The summed E-state index contributed by atoms with van der Waals surface area (Å²) in [6.07, 6.45) is 9.06. The van der Waals surface area contributed by atoms with Gasteiger partial charge in [0, 0.05) is 13.8 Å². The van der Waals surface area contributed by atoms with Crippen LogP contribution in [0.5, 0.6) is 0 Å². The maximum atomic E-state index is 12.2. The number of allylic oxidation sites excluding steroid dienone is 3. The van der Waals surface area contributed by atoms with Crippen molar-refractivity contribution < 1.29 is 19.1 Å². The van der Waals surface area contributed by atoms with Gasteiger partial charge in [-0.3, -0.25) is 9.59 Å². The molecular weight excluding hydrogens is 256 g/mol. The fourth-order valence-corrected chi connectivity index (χ4v) is 2.13. The van der Waals surface area contributed by atoms with Crippen LogP contribution in [-0.4, -0.2) is 17.7 Å². The molecule has 0 aromatic carbocycles. The van der Waals surface area contributed by atoms with Crippen molar-refractivity contribution in [2.24, 2.45) is 5.41 Å². The van der Waals surface area contributed by atoms with Crippen LogP contribution in [0, 0.1) is 5.41 Å². The topological polar surface area (TPSA) is 52.6 Å². The highest BCUT2D eigenvalue weighted by Gasteiger charge is 2.54. The van der Waals surface area contributed by atoms with Gasteiger partial charge in [0.2, 0.25) is 0 Å². The van der Waals surface area contributed by atoms with Gasteiger partial charge in [0.1, 0.15) is 0 Å². The van der Waals surface area contributed by atoms with Crippen molar-refractivity contribution in [2.75, 3.05) is 0 Å². The summed E-state index contributed by atoms with van der Waals surface area (Å²) in [5.74, 6) is -2.25. The molecule has 0 spiro atoms. The van der Waals surface area contributed by atoms with E-state index in [1.165, 1.54) is 0 Å². The summed E-state index contributed by atoms with van der Waals surface area (Å²) in [4.78, 5) is 24.5. The van der Waals surface area contributed by atoms with Gasteiger partial charge in [-0.2, -0.15) is 0 Å². The van der Waals surface area contributed by atoms with Crippen molar-refractivity contribution in [1.82, 2.24) is 0 Å². The Morgan fingerprint density at radius 3 is 2.20 bits per heavy atom. The molecule has 4 nitrogen and oxygen atoms in total. The SMILES string of the molecule is C=CCC1(C/C=C/CCCC)C(=O)OC(C)(C)OC1=O. The minimum atomic E-state index is -1.28. The molecular formula is C16H24O4. The van der Waals surface area contributed by atoms with Gasteiger partial charge >= 0.3 is 11.9 Å². The quantitative estimate of drug-likeness (QED) is 0.310. The second-order valence-electron chi connectivity index (χ2n) is 5.57. The number of esters is 2. The Bertz CT molecular complexity index is 387. The molecule has 1 fully saturated rings. The summed E-state index contributed by atoms with van der Waals surface area (Å²) < 4.78 is 10.5. The van der Waals surface area contributed by atoms with E-state index in [1.807, 2.05) is 12.2 Å². The first kappa shape index (κ1) is 16.5. The van der Waals surface area contributed by atoms with Crippen LogP contribution >= 0.6 is 0 Å². The molecule has 0 aliphatic carbocycles. The second-order valence-corrected chi connectivity index (χ2v) is 5.57. The van der Waals surface area contributed by atoms with E-state index >= 15 is 0 Å². The Hall–Kier alpha value is -1.58. The Balaban J connectivity index is 2.85. The summed E-state index contributed by atoms with van der Waals surface area (Å²) in [5, 5.41) is 0. The molecule has 0 saturated carbocycles. The zero-order valence-corrected chi connectivity index (χ0v) is 12.6. The van der Waals surface area contributed by atoms with E-state index in [-0.39, 0.29) is 12.8 Å². The van der Waals surface area contributed by atoms with Crippen LogP contribution < -0.4 is 0 Å². The van der Waals surface area contributed by atoms with Crippen LogP contribution in [0.4, 0.5) is 0 Å².